The summed E-state index contributed by atoms with van der Waals surface area (Å²) in [7, 11) is -2.43. The number of nitrogens with one attached hydrogen (secondary N) is 2. The molecular weight excluding hydrogens is 468 g/mol. The fourth-order valence-corrected chi connectivity index (χ4v) is 4.97. The lowest BCUT2D eigenvalue weighted by molar-refractivity contribution is -0.130. The van der Waals surface area contributed by atoms with E-state index in [-0.39, 0.29) is 10.6 Å². The standard InChI is InChI=1S/C25H24N4O5S/c1-28(20-12-6-3-7-13-20)35(33,34)21-14-8-11-19(16-21)26-23(30)17-29-24(31)22(27-25(29)32)15-18-9-4-2-5-10-18/h2-14,16,22H,15,17H2,1H3,(H,26,30)(H,27,32)/t22-/m0/s1. The fraction of sp³-hybridized carbons (Fsp3) is 0.160. The first-order valence-electron chi connectivity index (χ1n) is 10.9. The molecule has 1 aliphatic heterocycles. The largest absolute Gasteiger partial charge is 0.325 e. The zero-order chi connectivity index (χ0) is 25.0. The predicted octanol–water partition coefficient (Wildman–Crippen LogP) is 2.61. The molecule has 0 aliphatic carbocycles. The van der Waals surface area contributed by atoms with E-state index in [1.165, 1.54) is 31.3 Å². The molecule has 35 heavy (non-hydrogen) atoms. The molecule has 0 unspecified atom stereocenters. The van der Waals surface area contributed by atoms with Crippen LogP contribution >= 0.6 is 0 Å². The number of nitrogens with zero attached hydrogens (tertiary/aromatic N) is 2. The molecule has 1 saturated heterocycles. The molecule has 1 fully saturated rings. The first-order valence-corrected chi connectivity index (χ1v) is 12.3. The number of para-hydroxylation sites is 1. The number of imide groups is 1. The molecule has 3 aromatic rings. The van der Waals surface area contributed by atoms with Crippen LogP contribution in [0.2, 0.25) is 0 Å². The Balaban J connectivity index is 1.42. The van der Waals surface area contributed by atoms with Gasteiger partial charge in [0.1, 0.15) is 12.6 Å². The van der Waals surface area contributed by atoms with Crippen LogP contribution in [-0.4, -0.2) is 50.8 Å². The Morgan fingerprint density at radius 1 is 0.971 bits per heavy atom. The Bertz CT molecular complexity index is 1350. The molecule has 9 nitrogen and oxygen atoms in total. The van der Waals surface area contributed by atoms with Crippen LogP contribution in [0.15, 0.2) is 89.8 Å². The van der Waals surface area contributed by atoms with Crippen molar-refractivity contribution in [3.05, 3.63) is 90.5 Å². The molecule has 0 spiro atoms. The van der Waals surface area contributed by atoms with Gasteiger partial charge in [0.25, 0.3) is 15.9 Å². The summed E-state index contributed by atoms with van der Waals surface area (Å²) in [5, 5.41) is 5.17. The summed E-state index contributed by atoms with van der Waals surface area (Å²) in [4.78, 5) is 38.4. The summed E-state index contributed by atoms with van der Waals surface area (Å²) in [6.07, 6.45) is 0.318. The van der Waals surface area contributed by atoms with E-state index in [0.717, 1.165) is 14.8 Å². The lowest BCUT2D eigenvalue weighted by atomic mass is 10.1. The van der Waals surface area contributed by atoms with Crippen molar-refractivity contribution in [3.8, 4) is 0 Å². The summed E-state index contributed by atoms with van der Waals surface area (Å²) in [6, 6.07) is 22.2. The highest BCUT2D eigenvalue weighted by Gasteiger charge is 2.38. The minimum absolute atomic E-state index is 0.0143. The van der Waals surface area contributed by atoms with Gasteiger partial charge in [-0.15, -0.1) is 0 Å². The van der Waals surface area contributed by atoms with Crippen LogP contribution in [0.4, 0.5) is 16.2 Å². The van der Waals surface area contributed by atoms with Crippen molar-refractivity contribution in [2.24, 2.45) is 0 Å². The Morgan fingerprint density at radius 3 is 2.31 bits per heavy atom. The maximum Gasteiger partial charge on any atom is 0.325 e. The van der Waals surface area contributed by atoms with Crippen LogP contribution in [-0.2, 0) is 26.0 Å². The molecule has 180 valence electrons. The maximum absolute atomic E-state index is 13.0. The summed E-state index contributed by atoms with van der Waals surface area (Å²) >= 11 is 0. The molecule has 0 aromatic heterocycles. The van der Waals surface area contributed by atoms with E-state index in [1.807, 2.05) is 30.3 Å². The Morgan fingerprint density at radius 2 is 1.63 bits per heavy atom. The van der Waals surface area contributed by atoms with Crippen LogP contribution in [0.1, 0.15) is 5.56 Å². The van der Waals surface area contributed by atoms with Gasteiger partial charge in [0.15, 0.2) is 0 Å². The molecular formula is C25H24N4O5S. The van der Waals surface area contributed by atoms with Gasteiger partial charge in [-0.2, -0.15) is 0 Å². The molecule has 4 rings (SSSR count). The van der Waals surface area contributed by atoms with Crippen LogP contribution in [0.3, 0.4) is 0 Å². The lowest BCUT2D eigenvalue weighted by Gasteiger charge is -2.20. The second-order valence-corrected chi connectivity index (χ2v) is 9.97. The third-order valence-corrected chi connectivity index (χ3v) is 7.37. The normalized spacial score (nSPS) is 15.6. The Hall–Kier alpha value is -4.18. The van der Waals surface area contributed by atoms with Gasteiger partial charge in [-0.05, 0) is 35.9 Å². The van der Waals surface area contributed by atoms with Gasteiger partial charge in [-0.3, -0.25) is 18.8 Å². The van der Waals surface area contributed by atoms with Crippen LogP contribution in [0, 0.1) is 0 Å². The Kier molecular flexibility index (Phi) is 6.83. The number of benzene rings is 3. The number of hydrogen-bond acceptors (Lipinski definition) is 5. The first kappa shape index (κ1) is 24.0. The molecule has 2 N–H and O–H groups in total. The molecule has 0 saturated carbocycles. The molecule has 0 bridgehead atoms. The summed E-state index contributed by atoms with van der Waals surface area (Å²) in [5.41, 5.74) is 1.60. The molecule has 3 aromatic carbocycles. The molecule has 1 heterocycles. The van der Waals surface area contributed by atoms with Crippen LogP contribution < -0.4 is 14.9 Å². The van der Waals surface area contributed by atoms with E-state index in [1.54, 1.807) is 30.3 Å². The average molecular weight is 493 g/mol. The summed E-state index contributed by atoms with van der Waals surface area (Å²) < 4.78 is 27.2. The van der Waals surface area contributed by atoms with E-state index in [0.29, 0.717) is 12.1 Å². The second kappa shape index (κ2) is 9.98. The number of carbonyl (C=O) groups excluding carboxylic acids is 3. The van der Waals surface area contributed by atoms with Gasteiger partial charge in [-0.1, -0.05) is 54.6 Å². The van der Waals surface area contributed by atoms with Gasteiger partial charge in [-0.25, -0.2) is 13.2 Å². The predicted molar refractivity (Wildman–Crippen MR) is 131 cm³/mol. The van der Waals surface area contributed by atoms with E-state index >= 15 is 0 Å². The van der Waals surface area contributed by atoms with Crippen LogP contribution in [0.5, 0.6) is 0 Å². The second-order valence-electron chi connectivity index (χ2n) is 8.00. The highest BCUT2D eigenvalue weighted by Crippen LogP contribution is 2.23. The highest BCUT2D eigenvalue weighted by molar-refractivity contribution is 7.92. The van der Waals surface area contributed by atoms with Gasteiger partial charge in [0, 0.05) is 19.2 Å². The third kappa shape index (κ3) is 5.33. The Labute approximate surface area is 203 Å². The zero-order valence-corrected chi connectivity index (χ0v) is 19.7. The summed E-state index contributed by atoms with van der Waals surface area (Å²) in [5.74, 6) is -1.12. The molecule has 1 atom stereocenters. The quantitative estimate of drug-likeness (QED) is 0.469. The first-order chi connectivity index (χ1) is 16.8. The maximum atomic E-state index is 13.0. The minimum Gasteiger partial charge on any atom is -0.325 e. The van der Waals surface area contributed by atoms with E-state index in [9.17, 15) is 22.8 Å². The van der Waals surface area contributed by atoms with Gasteiger partial charge in [0.05, 0.1) is 10.6 Å². The molecule has 4 amide bonds. The molecule has 1 aliphatic rings. The lowest BCUT2D eigenvalue weighted by Crippen LogP contribution is -2.38. The topological polar surface area (TPSA) is 116 Å². The van der Waals surface area contributed by atoms with Gasteiger partial charge in [0.2, 0.25) is 5.91 Å². The SMILES string of the molecule is CN(c1ccccc1)S(=O)(=O)c1cccc(NC(=O)CN2C(=O)N[C@@H](Cc3ccccc3)C2=O)c1. The van der Waals surface area contributed by atoms with Crippen molar-refractivity contribution in [3.63, 3.8) is 0 Å². The summed E-state index contributed by atoms with van der Waals surface area (Å²) in [6.45, 7) is -0.489. The molecule has 0 radical (unpaired) electrons. The highest BCUT2D eigenvalue weighted by atomic mass is 32.2. The molecule has 10 heteroatoms. The number of amides is 4. The number of anilines is 2. The number of hydrogen-bond donors (Lipinski definition) is 2. The van der Waals surface area contributed by atoms with Gasteiger partial charge >= 0.3 is 6.03 Å². The smallest absolute Gasteiger partial charge is 0.325 e. The minimum atomic E-state index is -3.87. The van der Waals surface area contributed by atoms with Crippen molar-refractivity contribution < 1.29 is 22.8 Å². The third-order valence-electron chi connectivity index (χ3n) is 5.59. The van der Waals surface area contributed by atoms with E-state index < -0.39 is 40.5 Å². The van der Waals surface area contributed by atoms with Crippen molar-refractivity contribution in [1.82, 2.24) is 10.2 Å². The van der Waals surface area contributed by atoms with Crippen molar-refractivity contribution in [2.45, 2.75) is 17.4 Å². The number of sulfonamides is 1. The number of rotatable bonds is 8. The number of carbonyl (C=O) groups is 3. The monoisotopic (exact) mass is 492 g/mol. The fourth-order valence-electron chi connectivity index (χ4n) is 3.73. The van der Waals surface area contributed by atoms with Crippen molar-refractivity contribution in [1.29, 1.82) is 0 Å². The van der Waals surface area contributed by atoms with Gasteiger partial charge < -0.3 is 10.6 Å². The average Bonchev–Trinajstić information content (AvgIpc) is 3.12. The van der Waals surface area contributed by atoms with Crippen LogP contribution in [0.25, 0.3) is 0 Å². The van der Waals surface area contributed by atoms with E-state index in [2.05, 4.69) is 10.6 Å². The van der Waals surface area contributed by atoms with Crippen molar-refractivity contribution >= 4 is 39.2 Å². The number of urea groups is 1. The van der Waals surface area contributed by atoms with E-state index in [4.69, 9.17) is 0 Å². The van der Waals surface area contributed by atoms with Crippen molar-refractivity contribution in [2.75, 3.05) is 23.2 Å². The zero-order valence-electron chi connectivity index (χ0n) is 18.9.